The van der Waals surface area contributed by atoms with E-state index in [1.165, 1.54) is 38.6 Å². The molecule has 0 atom stereocenters. The second-order valence-electron chi connectivity index (χ2n) is 5.68. The van der Waals surface area contributed by atoms with Crippen LogP contribution in [0, 0.1) is 0 Å². The highest BCUT2D eigenvalue weighted by Gasteiger charge is 2.30. The average Bonchev–Trinajstić information content (AvgIpc) is 2.72. The first-order valence-electron chi connectivity index (χ1n) is 8.34. The molecule has 9 heteroatoms. The Bertz CT molecular complexity index is 1000. The third-order valence-electron chi connectivity index (χ3n) is 3.72. The maximum atomic E-state index is 12.9. The molecule has 1 aromatic heterocycles. The van der Waals surface area contributed by atoms with E-state index in [0.29, 0.717) is 11.3 Å². The highest BCUT2D eigenvalue weighted by molar-refractivity contribution is 5.85. The zero-order valence-electron chi connectivity index (χ0n) is 15.5. The Kier molecular flexibility index (Phi) is 5.96. The Labute approximate surface area is 164 Å². The highest BCUT2D eigenvalue weighted by Crippen LogP contribution is 2.31. The zero-order chi connectivity index (χ0) is 20.9. The predicted molar refractivity (Wildman–Crippen MR) is 100 cm³/mol. The van der Waals surface area contributed by atoms with Crippen LogP contribution in [0.1, 0.15) is 11.1 Å². The molecule has 0 saturated heterocycles. The molecule has 0 amide bonds. The van der Waals surface area contributed by atoms with Gasteiger partial charge in [0.15, 0.2) is 0 Å². The van der Waals surface area contributed by atoms with E-state index in [0.717, 1.165) is 12.1 Å². The molecule has 2 aromatic carbocycles. The average molecular weight is 403 g/mol. The van der Waals surface area contributed by atoms with Gasteiger partial charge in [-0.2, -0.15) is 23.1 Å². The van der Waals surface area contributed by atoms with Crippen molar-refractivity contribution in [1.82, 2.24) is 9.97 Å². The summed E-state index contributed by atoms with van der Waals surface area (Å²) in [6.45, 7) is 0. The van der Waals surface area contributed by atoms with Crippen molar-refractivity contribution in [3.63, 3.8) is 0 Å². The fourth-order valence-electron chi connectivity index (χ4n) is 2.32. The minimum atomic E-state index is -4.44. The van der Waals surface area contributed by atoms with E-state index in [1.807, 2.05) is 0 Å². The van der Waals surface area contributed by atoms with Gasteiger partial charge in [-0.1, -0.05) is 18.2 Å². The van der Waals surface area contributed by atoms with E-state index in [-0.39, 0.29) is 23.5 Å². The lowest BCUT2D eigenvalue weighted by atomic mass is 10.2. The number of rotatable bonds is 6. The number of nitrogens with zero attached hydrogens (tertiary/aromatic N) is 3. The van der Waals surface area contributed by atoms with Crippen LogP contribution in [-0.4, -0.2) is 30.4 Å². The van der Waals surface area contributed by atoms with Gasteiger partial charge in [-0.3, -0.25) is 4.99 Å². The summed E-state index contributed by atoms with van der Waals surface area (Å²) in [5.41, 5.74) is -0.0854. The molecular formula is C20H16F3N3O3. The Hall–Kier alpha value is -3.62. The molecule has 0 fully saturated rings. The molecule has 0 aliphatic carbocycles. The lowest BCUT2D eigenvalue weighted by Gasteiger charge is -2.09. The first kappa shape index (κ1) is 20.1. The fourth-order valence-corrected chi connectivity index (χ4v) is 2.32. The van der Waals surface area contributed by atoms with Crippen LogP contribution >= 0.6 is 0 Å². The molecule has 29 heavy (non-hydrogen) atoms. The van der Waals surface area contributed by atoms with Crippen molar-refractivity contribution >= 4 is 11.9 Å². The monoisotopic (exact) mass is 403 g/mol. The second-order valence-corrected chi connectivity index (χ2v) is 5.68. The minimum Gasteiger partial charge on any atom is -0.481 e. The van der Waals surface area contributed by atoms with Gasteiger partial charge in [0.05, 0.1) is 31.5 Å². The standard InChI is InChI=1S/C20H16F3N3O3/c1-27-17-11-18(28-2)26-19(25-17)29-16-9-4-3-6-13(16)12-24-15-8-5-7-14(10-15)20(21,22)23/h3-12H,1-2H3/b24-12+. The summed E-state index contributed by atoms with van der Waals surface area (Å²) < 4.78 is 54.4. The predicted octanol–water partition coefficient (Wildman–Crippen LogP) is 5.06. The molecule has 0 N–H and O–H groups in total. The summed E-state index contributed by atoms with van der Waals surface area (Å²) in [6.07, 6.45) is -3.03. The van der Waals surface area contributed by atoms with Gasteiger partial charge in [-0.05, 0) is 30.3 Å². The molecule has 0 unspecified atom stereocenters. The van der Waals surface area contributed by atoms with Crippen molar-refractivity contribution < 1.29 is 27.4 Å². The lowest BCUT2D eigenvalue weighted by Crippen LogP contribution is -2.03. The van der Waals surface area contributed by atoms with Crippen molar-refractivity contribution in [3.8, 4) is 23.5 Å². The second kappa shape index (κ2) is 8.59. The first-order chi connectivity index (χ1) is 13.9. The molecule has 0 aliphatic rings. The maximum Gasteiger partial charge on any atom is 0.416 e. The van der Waals surface area contributed by atoms with E-state index in [4.69, 9.17) is 14.2 Å². The van der Waals surface area contributed by atoms with Gasteiger partial charge in [0, 0.05) is 11.8 Å². The van der Waals surface area contributed by atoms with Crippen LogP contribution in [0.25, 0.3) is 0 Å². The third-order valence-corrected chi connectivity index (χ3v) is 3.72. The molecule has 0 spiro atoms. The van der Waals surface area contributed by atoms with Gasteiger partial charge in [0.1, 0.15) is 5.75 Å². The van der Waals surface area contributed by atoms with Crippen molar-refractivity contribution in [1.29, 1.82) is 0 Å². The molecule has 0 radical (unpaired) electrons. The number of methoxy groups -OCH3 is 2. The van der Waals surface area contributed by atoms with Gasteiger partial charge in [-0.25, -0.2) is 0 Å². The maximum absolute atomic E-state index is 12.9. The van der Waals surface area contributed by atoms with Crippen LogP contribution < -0.4 is 14.2 Å². The summed E-state index contributed by atoms with van der Waals surface area (Å²) in [4.78, 5) is 12.3. The van der Waals surface area contributed by atoms with Crippen molar-refractivity contribution in [2.75, 3.05) is 14.2 Å². The summed E-state index contributed by atoms with van der Waals surface area (Å²) in [6, 6.07) is 13.0. The smallest absolute Gasteiger partial charge is 0.416 e. The lowest BCUT2D eigenvalue weighted by molar-refractivity contribution is -0.137. The molecule has 6 nitrogen and oxygen atoms in total. The SMILES string of the molecule is COc1cc(OC)nc(Oc2ccccc2/C=N/c2cccc(C(F)(F)F)c2)n1. The topological polar surface area (TPSA) is 65.8 Å². The summed E-state index contributed by atoms with van der Waals surface area (Å²) >= 11 is 0. The van der Waals surface area contributed by atoms with Crippen molar-refractivity contribution in [2.24, 2.45) is 4.99 Å². The number of hydrogen-bond donors (Lipinski definition) is 0. The van der Waals surface area contributed by atoms with Crippen LogP contribution in [0.3, 0.4) is 0 Å². The molecule has 3 rings (SSSR count). The van der Waals surface area contributed by atoms with E-state index >= 15 is 0 Å². The summed E-state index contributed by atoms with van der Waals surface area (Å²) in [5.74, 6) is 0.863. The number of benzene rings is 2. The van der Waals surface area contributed by atoms with Gasteiger partial charge >= 0.3 is 12.2 Å². The molecule has 0 bridgehead atoms. The molecule has 0 aliphatic heterocycles. The number of aromatic nitrogens is 2. The van der Waals surface area contributed by atoms with Gasteiger partial charge < -0.3 is 14.2 Å². The number of hydrogen-bond acceptors (Lipinski definition) is 6. The quantitative estimate of drug-likeness (QED) is 0.539. The minimum absolute atomic E-state index is 0.0129. The van der Waals surface area contributed by atoms with Crippen molar-refractivity contribution in [2.45, 2.75) is 6.18 Å². The Balaban J connectivity index is 1.88. The van der Waals surface area contributed by atoms with Gasteiger partial charge in [-0.15, -0.1) is 0 Å². The summed E-state index contributed by atoms with van der Waals surface area (Å²) in [5, 5.41) is 0. The Morgan fingerprint density at radius 3 is 2.24 bits per heavy atom. The van der Waals surface area contributed by atoms with Crippen LogP contribution in [0.15, 0.2) is 59.6 Å². The van der Waals surface area contributed by atoms with E-state index in [9.17, 15) is 13.2 Å². The van der Waals surface area contributed by atoms with E-state index in [2.05, 4.69) is 15.0 Å². The third kappa shape index (κ3) is 5.22. The first-order valence-corrected chi connectivity index (χ1v) is 8.34. The Morgan fingerprint density at radius 2 is 1.59 bits per heavy atom. The van der Waals surface area contributed by atoms with Crippen LogP contribution in [0.5, 0.6) is 23.5 Å². The fraction of sp³-hybridized carbons (Fsp3) is 0.150. The molecule has 0 saturated carbocycles. The molecular weight excluding hydrogens is 387 g/mol. The van der Waals surface area contributed by atoms with Crippen molar-refractivity contribution in [3.05, 3.63) is 65.7 Å². The van der Waals surface area contributed by atoms with Crippen LogP contribution in [0.4, 0.5) is 18.9 Å². The summed E-state index contributed by atoms with van der Waals surface area (Å²) in [7, 11) is 2.89. The largest absolute Gasteiger partial charge is 0.481 e. The zero-order valence-corrected chi connectivity index (χ0v) is 15.5. The van der Waals surface area contributed by atoms with E-state index in [1.54, 1.807) is 24.3 Å². The number of ether oxygens (including phenoxy) is 3. The molecule has 1 heterocycles. The van der Waals surface area contributed by atoms with Gasteiger partial charge in [0.2, 0.25) is 11.8 Å². The number of aliphatic imine (C=N–C) groups is 1. The van der Waals surface area contributed by atoms with Crippen LogP contribution in [0.2, 0.25) is 0 Å². The number of halogens is 3. The molecule has 3 aromatic rings. The number of para-hydroxylation sites is 1. The molecule has 150 valence electrons. The highest BCUT2D eigenvalue weighted by atomic mass is 19.4. The normalized spacial score (nSPS) is 11.5. The number of alkyl halides is 3. The van der Waals surface area contributed by atoms with Crippen LogP contribution in [-0.2, 0) is 6.18 Å². The van der Waals surface area contributed by atoms with E-state index < -0.39 is 11.7 Å². The Morgan fingerprint density at radius 1 is 0.897 bits per heavy atom. The van der Waals surface area contributed by atoms with Gasteiger partial charge in [0.25, 0.3) is 0 Å².